The first-order valence-corrected chi connectivity index (χ1v) is 9.94. The molecule has 0 atom stereocenters. The number of benzene rings is 2. The molecule has 3 aromatic heterocycles. The number of fused-ring (bicyclic) bond motifs is 3. The number of hydrogen-bond donors (Lipinski definition) is 1. The first-order valence-electron chi connectivity index (χ1n) is 9.94. The van der Waals surface area contributed by atoms with Crippen molar-refractivity contribution in [3.05, 3.63) is 84.6 Å². The molecule has 142 valence electrons. The zero-order valence-corrected chi connectivity index (χ0v) is 16.9. The molecular weight excluding hydrogens is 354 g/mol. The Morgan fingerprint density at radius 2 is 1.55 bits per heavy atom. The van der Waals surface area contributed by atoms with Crippen LogP contribution in [0.1, 0.15) is 26.3 Å². The summed E-state index contributed by atoms with van der Waals surface area (Å²) < 4.78 is 0. The van der Waals surface area contributed by atoms with E-state index in [2.05, 4.69) is 85.3 Å². The number of nitrogens with zero attached hydrogens (tertiary/aromatic N) is 2. The molecule has 0 amide bonds. The number of nitrogens with one attached hydrogen (secondary N) is 1. The Morgan fingerprint density at radius 3 is 2.31 bits per heavy atom. The molecule has 3 nitrogen and oxygen atoms in total. The van der Waals surface area contributed by atoms with Gasteiger partial charge in [0.15, 0.2) is 0 Å². The van der Waals surface area contributed by atoms with Crippen LogP contribution in [0.4, 0.5) is 0 Å². The van der Waals surface area contributed by atoms with Gasteiger partial charge in [0.05, 0.1) is 11.4 Å². The maximum atomic E-state index is 4.93. The average Bonchev–Trinajstić information content (AvgIpc) is 3.11. The summed E-state index contributed by atoms with van der Waals surface area (Å²) >= 11 is 0. The van der Waals surface area contributed by atoms with E-state index in [1.165, 1.54) is 10.9 Å². The van der Waals surface area contributed by atoms with E-state index in [9.17, 15) is 0 Å². The van der Waals surface area contributed by atoms with E-state index < -0.39 is 0 Å². The van der Waals surface area contributed by atoms with Gasteiger partial charge in [-0.1, -0.05) is 51.1 Å². The Morgan fingerprint density at radius 1 is 0.724 bits per heavy atom. The number of pyridine rings is 2. The zero-order chi connectivity index (χ0) is 20.0. The molecular formula is C26H23N3. The lowest BCUT2D eigenvalue weighted by Crippen LogP contribution is -2.10. The van der Waals surface area contributed by atoms with Crippen LogP contribution < -0.4 is 0 Å². The third-order valence-corrected chi connectivity index (χ3v) is 5.44. The zero-order valence-electron chi connectivity index (χ0n) is 16.9. The topological polar surface area (TPSA) is 41.6 Å². The number of aromatic amines is 1. The summed E-state index contributed by atoms with van der Waals surface area (Å²) in [6, 6.07) is 25.3. The van der Waals surface area contributed by atoms with Crippen LogP contribution >= 0.6 is 0 Å². The molecule has 0 fully saturated rings. The van der Waals surface area contributed by atoms with Crippen LogP contribution in [0.3, 0.4) is 0 Å². The van der Waals surface area contributed by atoms with E-state index in [1.807, 2.05) is 24.4 Å². The van der Waals surface area contributed by atoms with Gasteiger partial charge in [-0.3, -0.25) is 4.98 Å². The van der Waals surface area contributed by atoms with E-state index >= 15 is 0 Å². The van der Waals surface area contributed by atoms with E-state index in [1.54, 1.807) is 0 Å². The van der Waals surface area contributed by atoms with Gasteiger partial charge in [0.1, 0.15) is 5.65 Å². The van der Waals surface area contributed by atoms with E-state index in [0.717, 1.165) is 39.1 Å². The van der Waals surface area contributed by atoms with Crippen LogP contribution in [0.25, 0.3) is 44.5 Å². The maximum Gasteiger partial charge on any atom is 0.139 e. The van der Waals surface area contributed by atoms with Crippen molar-refractivity contribution in [2.45, 2.75) is 26.2 Å². The van der Waals surface area contributed by atoms with Gasteiger partial charge in [-0.05, 0) is 53.4 Å². The SMILES string of the molecule is CC(C)(C)c1ccc2[nH]c3nc(-c4cccc(-c5ccccn5)c4)ccc3c2c1. The molecule has 0 spiro atoms. The molecule has 3 heteroatoms. The molecule has 5 aromatic rings. The highest BCUT2D eigenvalue weighted by molar-refractivity contribution is 6.06. The van der Waals surface area contributed by atoms with Crippen molar-refractivity contribution < 1.29 is 0 Å². The molecule has 3 heterocycles. The van der Waals surface area contributed by atoms with Gasteiger partial charge in [-0.2, -0.15) is 0 Å². The standard InChI is InChI=1S/C26H23N3/c1-26(2,3)19-10-12-24-21(16-19)20-11-13-23(28-25(20)29-24)18-8-6-7-17(15-18)22-9-4-5-14-27-22/h4-16H,1-3H3,(H,28,29). The van der Waals surface area contributed by atoms with Crippen molar-refractivity contribution in [1.29, 1.82) is 0 Å². The van der Waals surface area contributed by atoms with Crippen molar-refractivity contribution in [3.63, 3.8) is 0 Å². The van der Waals surface area contributed by atoms with Gasteiger partial charge in [0.2, 0.25) is 0 Å². The lowest BCUT2D eigenvalue weighted by Gasteiger charge is -2.18. The van der Waals surface area contributed by atoms with Gasteiger partial charge in [-0.15, -0.1) is 0 Å². The fourth-order valence-electron chi connectivity index (χ4n) is 3.77. The Balaban J connectivity index is 1.61. The molecule has 2 aromatic carbocycles. The van der Waals surface area contributed by atoms with Crippen LogP contribution in [0.15, 0.2) is 79.0 Å². The largest absolute Gasteiger partial charge is 0.339 e. The molecule has 0 saturated carbocycles. The fraction of sp³-hybridized carbons (Fsp3) is 0.154. The van der Waals surface area contributed by atoms with Crippen LogP contribution in [0.2, 0.25) is 0 Å². The normalized spacial score (nSPS) is 12.0. The molecule has 0 radical (unpaired) electrons. The van der Waals surface area contributed by atoms with E-state index in [-0.39, 0.29) is 5.41 Å². The molecule has 29 heavy (non-hydrogen) atoms. The minimum Gasteiger partial charge on any atom is -0.339 e. The Kier molecular flexibility index (Phi) is 3.99. The minimum atomic E-state index is 0.122. The number of rotatable bonds is 2. The van der Waals surface area contributed by atoms with Crippen LogP contribution in [0.5, 0.6) is 0 Å². The summed E-state index contributed by atoms with van der Waals surface area (Å²) in [5, 5.41) is 2.39. The average molecular weight is 377 g/mol. The highest BCUT2D eigenvalue weighted by Gasteiger charge is 2.16. The molecule has 0 saturated heterocycles. The molecule has 1 N–H and O–H groups in total. The lowest BCUT2D eigenvalue weighted by atomic mass is 9.86. The van der Waals surface area contributed by atoms with Crippen LogP contribution in [0, 0.1) is 0 Å². The number of hydrogen-bond acceptors (Lipinski definition) is 2. The molecule has 0 unspecified atom stereocenters. The summed E-state index contributed by atoms with van der Waals surface area (Å²) in [6.45, 7) is 6.73. The Hall–Kier alpha value is -3.46. The monoisotopic (exact) mass is 377 g/mol. The second-order valence-electron chi connectivity index (χ2n) is 8.52. The third kappa shape index (κ3) is 3.19. The van der Waals surface area contributed by atoms with E-state index in [4.69, 9.17) is 4.98 Å². The van der Waals surface area contributed by atoms with Gasteiger partial charge in [0, 0.05) is 33.6 Å². The predicted octanol–water partition coefficient (Wildman–Crippen LogP) is 6.74. The minimum absolute atomic E-state index is 0.122. The first kappa shape index (κ1) is 17.6. The second-order valence-corrected chi connectivity index (χ2v) is 8.52. The van der Waals surface area contributed by atoms with Gasteiger partial charge in [0.25, 0.3) is 0 Å². The van der Waals surface area contributed by atoms with Crippen LogP contribution in [-0.4, -0.2) is 15.0 Å². The highest BCUT2D eigenvalue weighted by atomic mass is 14.9. The fourth-order valence-corrected chi connectivity index (χ4v) is 3.77. The molecule has 0 aliphatic rings. The lowest BCUT2D eigenvalue weighted by molar-refractivity contribution is 0.591. The van der Waals surface area contributed by atoms with Crippen molar-refractivity contribution in [1.82, 2.24) is 15.0 Å². The first-order chi connectivity index (χ1) is 14.0. The number of H-pyrrole nitrogens is 1. The van der Waals surface area contributed by atoms with Crippen molar-refractivity contribution >= 4 is 21.9 Å². The smallest absolute Gasteiger partial charge is 0.139 e. The van der Waals surface area contributed by atoms with Crippen molar-refractivity contribution in [3.8, 4) is 22.5 Å². The van der Waals surface area contributed by atoms with Gasteiger partial charge < -0.3 is 4.98 Å². The summed E-state index contributed by atoms with van der Waals surface area (Å²) in [5.74, 6) is 0. The predicted molar refractivity (Wildman–Crippen MR) is 121 cm³/mol. The molecule has 5 rings (SSSR count). The van der Waals surface area contributed by atoms with Gasteiger partial charge >= 0.3 is 0 Å². The molecule has 0 bridgehead atoms. The number of aromatic nitrogens is 3. The molecule has 0 aliphatic heterocycles. The van der Waals surface area contributed by atoms with Crippen LogP contribution in [-0.2, 0) is 5.41 Å². The highest BCUT2D eigenvalue weighted by Crippen LogP contribution is 2.32. The maximum absolute atomic E-state index is 4.93. The summed E-state index contributed by atoms with van der Waals surface area (Å²) in [4.78, 5) is 12.9. The summed E-state index contributed by atoms with van der Waals surface area (Å²) in [6.07, 6.45) is 1.82. The third-order valence-electron chi connectivity index (χ3n) is 5.44. The van der Waals surface area contributed by atoms with E-state index in [0.29, 0.717) is 0 Å². The summed E-state index contributed by atoms with van der Waals surface area (Å²) in [7, 11) is 0. The van der Waals surface area contributed by atoms with Crippen molar-refractivity contribution in [2.24, 2.45) is 0 Å². The van der Waals surface area contributed by atoms with Gasteiger partial charge in [-0.25, -0.2) is 4.98 Å². The molecule has 0 aliphatic carbocycles. The quantitative estimate of drug-likeness (QED) is 0.370. The second kappa shape index (κ2) is 6.56. The Labute approximate surface area is 170 Å². The summed E-state index contributed by atoms with van der Waals surface area (Å²) in [5.41, 5.74) is 7.61. The Bertz CT molecular complexity index is 1320. The van der Waals surface area contributed by atoms with Crippen molar-refractivity contribution in [2.75, 3.05) is 0 Å².